The lowest BCUT2D eigenvalue weighted by molar-refractivity contribution is 0.317. The predicted molar refractivity (Wildman–Crippen MR) is 108 cm³/mol. The van der Waals surface area contributed by atoms with E-state index in [0.29, 0.717) is 5.92 Å². The Kier molecular flexibility index (Phi) is 4.73. The smallest absolute Gasteiger partial charge is 0.0692 e. The zero-order valence-electron chi connectivity index (χ0n) is 16.4. The molecule has 0 aliphatic heterocycles. The Labute approximate surface area is 152 Å². The molecule has 1 N–H and O–H groups in total. The minimum absolute atomic E-state index is 0.0860. The monoisotopic (exact) mass is 334 g/mol. The zero-order chi connectivity index (χ0) is 18.2. The average Bonchev–Trinajstić information content (AvgIpc) is 2.57. The summed E-state index contributed by atoms with van der Waals surface area (Å²) in [5.41, 5.74) is 8.87. The lowest BCUT2D eigenvalue weighted by atomic mass is 9.71. The van der Waals surface area contributed by atoms with E-state index in [0.717, 1.165) is 18.5 Å². The number of benzene rings is 1. The Balaban J connectivity index is 2.18. The molecule has 1 aliphatic carbocycles. The summed E-state index contributed by atoms with van der Waals surface area (Å²) in [6.45, 7) is 13.3. The van der Waals surface area contributed by atoms with Crippen molar-refractivity contribution < 1.29 is 0 Å². The Morgan fingerprint density at radius 3 is 2.44 bits per heavy atom. The highest BCUT2D eigenvalue weighted by Crippen LogP contribution is 2.44. The minimum Gasteiger partial charge on any atom is -0.374 e. The average molecular weight is 335 g/mol. The molecule has 1 aliphatic rings. The first-order valence-corrected chi connectivity index (χ1v) is 9.37. The fraction of sp³-hybridized carbons (Fsp3) is 0.435. The molecule has 1 aromatic carbocycles. The van der Waals surface area contributed by atoms with Crippen LogP contribution in [0.15, 0.2) is 30.5 Å². The maximum atomic E-state index is 4.52. The van der Waals surface area contributed by atoms with Gasteiger partial charge in [-0.3, -0.25) is 4.98 Å². The first-order valence-electron chi connectivity index (χ1n) is 9.37. The minimum atomic E-state index is -0.0860. The molecule has 0 spiro atoms. The third kappa shape index (κ3) is 3.10. The van der Waals surface area contributed by atoms with Gasteiger partial charge in [-0.15, -0.1) is 0 Å². The van der Waals surface area contributed by atoms with Crippen LogP contribution in [0.4, 0.5) is 5.69 Å². The third-order valence-corrected chi connectivity index (χ3v) is 5.77. The van der Waals surface area contributed by atoms with Crippen molar-refractivity contribution in [2.45, 2.75) is 59.9 Å². The fourth-order valence-corrected chi connectivity index (χ4v) is 4.23. The summed E-state index contributed by atoms with van der Waals surface area (Å²) < 4.78 is 0. The van der Waals surface area contributed by atoms with Gasteiger partial charge in [0.1, 0.15) is 0 Å². The summed E-state index contributed by atoms with van der Waals surface area (Å²) in [5, 5.41) is 4.01. The number of hydrogen-bond acceptors (Lipinski definition) is 2. The molecule has 0 bridgehead atoms. The van der Waals surface area contributed by atoms with Crippen LogP contribution in [0.1, 0.15) is 60.2 Å². The lowest BCUT2D eigenvalue weighted by Crippen LogP contribution is -2.43. The summed E-state index contributed by atoms with van der Waals surface area (Å²) >= 11 is 0. The summed E-state index contributed by atoms with van der Waals surface area (Å²) in [6, 6.07) is 6.82. The number of hydrogen-bond donors (Lipinski definition) is 1. The highest BCUT2D eigenvalue weighted by molar-refractivity contribution is 5.65. The first kappa shape index (κ1) is 17.7. The van der Waals surface area contributed by atoms with Crippen molar-refractivity contribution in [1.82, 2.24) is 4.98 Å². The van der Waals surface area contributed by atoms with Crippen molar-refractivity contribution in [3.63, 3.8) is 0 Å². The molecule has 1 aromatic heterocycles. The molecule has 132 valence electrons. The fourth-order valence-electron chi connectivity index (χ4n) is 4.23. The van der Waals surface area contributed by atoms with Gasteiger partial charge in [0.2, 0.25) is 0 Å². The van der Waals surface area contributed by atoms with E-state index in [2.05, 4.69) is 82.2 Å². The molecule has 0 saturated heterocycles. The topological polar surface area (TPSA) is 24.9 Å². The van der Waals surface area contributed by atoms with Crippen LogP contribution in [-0.2, 0) is 5.54 Å². The van der Waals surface area contributed by atoms with E-state index in [1.807, 2.05) is 6.20 Å². The number of aryl methyl sites for hydroxylation is 4. The number of aromatic nitrogens is 1. The van der Waals surface area contributed by atoms with E-state index in [1.54, 1.807) is 0 Å². The molecule has 0 fully saturated rings. The quantitative estimate of drug-likeness (QED) is 0.732. The standard InChI is InChI=1S/C23H30N2/c1-7-18(5)23(25-22-16(3)11-15(2)12-17(22)4)10-8-9-20-14-24-19(6)13-21(20)23/h8-9,11-14,18,25H,7,10H2,1-6H3. The maximum Gasteiger partial charge on any atom is 0.0692 e. The van der Waals surface area contributed by atoms with Gasteiger partial charge in [-0.05, 0) is 68.4 Å². The molecule has 2 heteroatoms. The van der Waals surface area contributed by atoms with Gasteiger partial charge >= 0.3 is 0 Å². The predicted octanol–water partition coefficient (Wildman–Crippen LogP) is 6.09. The summed E-state index contributed by atoms with van der Waals surface area (Å²) in [5.74, 6) is 0.512. The van der Waals surface area contributed by atoms with Crippen molar-refractivity contribution in [3.05, 3.63) is 64.0 Å². The molecule has 0 radical (unpaired) electrons. The van der Waals surface area contributed by atoms with Crippen LogP contribution in [0.3, 0.4) is 0 Å². The number of rotatable bonds is 4. The molecule has 2 aromatic rings. The number of anilines is 1. The Morgan fingerprint density at radius 1 is 1.12 bits per heavy atom. The van der Waals surface area contributed by atoms with Crippen molar-refractivity contribution in [2.75, 3.05) is 5.32 Å². The molecular formula is C23H30N2. The normalized spacial score (nSPS) is 20.2. The largest absolute Gasteiger partial charge is 0.374 e. The highest BCUT2D eigenvalue weighted by atomic mass is 15.0. The van der Waals surface area contributed by atoms with Gasteiger partial charge in [0, 0.05) is 17.6 Å². The number of fused-ring (bicyclic) bond motifs is 1. The van der Waals surface area contributed by atoms with Gasteiger partial charge in [0.05, 0.1) is 5.54 Å². The number of nitrogens with one attached hydrogen (secondary N) is 1. The van der Waals surface area contributed by atoms with E-state index >= 15 is 0 Å². The van der Waals surface area contributed by atoms with Crippen LogP contribution < -0.4 is 5.32 Å². The second-order valence-electron chi connectivity index (χ2n) is 7.70. The van der Waals surface area contributed by atoms with Crippen LogP contribution in [0, 0.1) is 33.6 Å². The second kappa shape index (κ2) is 6.67. The molecule has 1 heterocycles. The van der Waals surface area contributed by atoms with Gasteiger partial charge in [-0.1, -0.05) is 50.1 Å². The second-order valence-corrected chi connectivity index (χ2v) is 7.70. The molecule has 25 heavy (non-hydrogen) atoms. The SMILES string of the molecule is CCC(C)C1(Nc2c(C)cc(C)cc2C)CC=Cc2cnc(C)cc21. The van der Waals surface area contributed by atoms with Gasteiger partial charge in [-0.2, -0.15) is 0 Å². The van der Waals surface area contributed by atoms with Crippen molar-refractivity contribution >= 4 is 11.8 Å². The molecular weight excluding hydrogens is 304 g/mol. The van der Waals surface area contributed by atoms with Gasteiger partial charge in [-0.25, -0.2) is 0 Å². The number of pyridine rings is 1. The van der Waals surface area contributed by atoms with Crippen molar-refractivity contribution in [2.24, 2.45) is 5.92 Å². The Morgan fingerprint density at radius 2 is 1.80 bits per heavy atom. The zero-order valence-corrected chi connectivity index (χ0v) is 16.4. The van der Waals surface area contributed by atoms with Crippen LogP contribution in [0.5, 0.6) is 0 Å². The van der Waals surface area contributed by atoms with E-state index in [1.165, 1.54) is 33.5 Å². The molecule has 2 atom stereocenters. The third-order valence-electron chi connectivity index (χ3n) is 5.77. The molecule has 2 nitrogen and oxygen atoms in total. The molecule has 2 unspecified atom stereocenters. The molecule has 3 rings (SSSR count). The van der Waals surface area contributed by atoms with Crippen LogP contribution in [-0.4, -0.2) is 4.98 Å². The highest BCUT2D eigenvalue weighted by Gasteiger charge is 2.40. The van der Waals surface area contributed by atoms with E-state index in [9.17, 15) is 0 Å². The summed E-state index contributed by atoms with van der Waals surface area (Å²) in [7, 11) is 0. The first-order chi connectivity index (χ1) is 11.9. The van der Waals surface area contributed by atoms with Crippen LogP contribution >= 0.6 is 0 Å². The van der Waals surface area contributed by atoms with Gasteiger partial charge in [0.25, 0.3) is 0 Å². The van der Waals surface area contributed by atoms with Crippen LogP contribution in [0.25, 0.3) is 6.08 Å². The van der Waals surface area contributed by atoms with E-state index in [4.69, 9.17) is 0 Å². The molecule has 0 saturated carbocycles. The van der Waals surface area contributed by atoms with Gasteiger partial charge in [0.15, 0.2) is 0 Å². The molecule has 0 amide bonds. The summed E-state index contributed by atoms with van der Waals surface area (Å²) in [4.78, 5) is 4.52. The summed E-state index contributed by atoms with van der Waals surface area (Å²) in [6.07, 6.45) is 8.68. The van der Waals surface area contributed by atoms with Gasteiger partial charge < -0.3 is 5.32 Å². The lowest BCUT2D eigenvalue weighted by Gasteiger charge is -2.44. The van der Waals surface area contributed by atoms with Crippen molar-refractivity contribution in [1.29, 1.82) is 0 Å². The maximum absolute atomic E-state index is 4.52. The van der Waals surface area contributed by atoms with Crippen LogP contribution in [0.2, 0.25) is 0 Å². The number of nitrogens with zero attached hydrogens (tertiary/aromatic N) is 1. The van der Waals surface area contributed by atoms with E-state index in [-0.39, 0.29) is 5.54 Å². The van der Waals surface area contributed by atoms with E-state index < -0.39 is 0 Å². The van der Waals surface area contributed by atoms with Crippen molar-refractivity contribution in [3.8, 4) is 0 Å². The Bertz CT molecular complexity index is 796. The Hall–Kier alpha value is -2.09.